The summed E-state index contributed by atoms with van der Waals surface area (Å²) in [5, 5.41) is 3.31. The quantitative estimate of drug-likeness (QED) is 0.871. The maximum atomic E-state index is 3.31. The van der Waals surface area contributed by atoms with Gasteiger partial charge in [0, 0.05) is 25.7 Å². The van der Waals surface area contributed by atoms with Crippen LogP contribution in [0.15, 0.2) is 18.2 Å². The minimum absolute atomic E-state index is 0. The van der Waals surface area contributed by atoms with Crippen LogP contribution >= 0.6 is 12.4 Å². The summed E-state index contributed by atoms with van der Waals surface area (Å²) in [7, 11) is 2.21. The maximum Gasteiger partial charge on any atom is 0.0345 e. The molecule has 3 heteroatoms. The fourth-order valence-corrected chi connectivity index (χ4v) is 1.90. The molecule has 0 radical (unpaired) electrons. The zero-order valence-corrected chi connectivity index (χ0v) is 11.1. The molecular weight excluding hydrogens is 220 g/mol. The molecule has 0 unspecified atom stereocenters. The van der Waals surface area contributed by atoms with E-state index in [9.17, 15) is 0 Å². The number of aryl methyl sites for hydroxylation is 2. The van der Waals surface area contributed by atoms with Crippen molar-refractivity contribution < 1.29 is 0 Å². The molecule has 2 rings (SSSR count). The SMILES string of the molecule is Cc1ccc(CN(C)C2CNC2)cc1C.Cl. The molecule has 90 valence electrons. The van der Waals surface area contributed by atoms with E-state index >= 15 is 0 Å². The summed E-state index contributed by atoms with van der Waals surface area (Å²) in [6.45, 7) is 7.69. The number of hydrogen-bond donors (Lipinski definition) is 1. The van der Waals surface area contributed by atoms with Gasteiger partial charge < -0.3 is 5.32 Å². The largest absolute Gasteiger partial charge is 0.314 e. The van der Waals surface area contributed by atoms with Gasteiger partial charge in [0.05, 0.1) is 0 Å². The third-order valence-electron chi connectivity index (χ3n) is 3.39. The van der Waals surface area contributed by atoms with E-state index in [1.807, 2.05) is 0 Å². The van der Waals surface area contributed by atoms with Crippen molar-refractivity contribution in [1.82, 2.24) is 10.2 Å². The minimum Gasteiger partial charge on any atom is -0.314 e. The molecule has 1 aromatic carbocycles. The van der Waals surface area contributed by atoms with Crippen LogP contribution in [0.1, 0.15) is 16.7 Å². The van der Waals surface area contributed by atoms with Crippen LogP contribution in [0.5, 0.6) is 0 Å². The normalized spacial score (nSPS) is 15.8. The van der Waals surface area contributed by atoms with Crippen molar-refractivity contribution in [2.45, 2.75) is 26.4 Å². The van der Waals surface area contributed by atoms with Gasteiger partial charge in [-0.25, -0.2) is 0 Å². The van der Waals surface area contributed by atoms with E-state index in [2.05, 4.69) is 49.3 Å². The van der Waals surface area contributed by atoms with Crippen molar-refractivity contribution >= 4 is 12.4 Å². The van der Waals surface area contributed by atoms with E-state index in [-0.39, 0.29) is 12.4 Å². The van der Waals surface area contributed by atoms with E-state index in [1.165, 1.54) is 16.7 Å². The molecule has 1 aliphatic rings. The highest BCUT2D eigenvalue weighted by atomic mass is 35.5. The van der Waals surface area contributed by atoms with E-state index in [1.54, 1.807) is 0 Å². The van der Waals surface area contributed by atoms with Crippen LogP contribution in [0.3, 0.4) is 0 Å². The summed E-state index contributed by atoms with van der Waals surface area (Å²) in [5.41, 5.74) is 4.20. The van der Waals surface area contributed by atoms with Gasteiger partial charge in [-0.2, -0.15) is 0 Å². The van der Waals surface area contributed by atoms with E-state index in [0.717, 1.165) is 25.7 Å². The number of likely N-dealkylation sites (N-methyl/N-ethyl adjacent to an activating group) is 1. The lowest BCUT2D eigenvalue weighted by Crippen LogP contribution is -2.55. The van der Waals surface area contributed by atoms with Crippen LogP contribution < -0.4 is 5.32 Å². The lowest BCUT2D eigenvalue weighted by Gasteiger charge is -2.35. The Morgan fingerprint density at radius 1 is 1.25 bits per heavy atom. The van der Waals surface area contributed by atoms with Gasteiger partial charge in [0.1, 0.15) is 0 Å². The van der Waals surface area contributed by atoms with Crippen molar-refractivity contribution in [3.8, 4) is 0 Å². The van der Waals surface area contributed by atoms with Crippen LogP contribution in [0.4, 0.5) is 0 Å². The molecule has 1 aliphatic heterocycles. The second-order valence-electron chi connectivity index (χ2n) is 4.65. The van der Waals surface area contributed by atoms with Crippen LogP contribution in [0, 0.1) is 13.8 Å². The van der Waals surface area contributed by atoms with Crippen molar-refractivity contribution in [2.75, 3.05) is 20.1 Å². The van der Waals surface area contributed by atoms with Crippen molar-refractivity contribution in [2.24, 2.45) is 0 Å². The monoisotopic (exact) mass is 240 g/mol. The lowest BCUT2D eigenvalue weighted by molar-refractivity contribution is 0.173. The Morgan fingerprint density at radius 3 is 2.44 bits per heavy atom. The molecule has 0 saturated carbocycles. The number of hydrogen-bond acceptors (Lipinski definition) is 2. The zero-order valence-electron chi connectivity index (χ0n) is 10.3. The highest BCUT2D eigenvalue weighted by Crippen LogP contribution is 2.13. The van der Waals surface area contributed by atoms with Crippen LogP contribution in [-0.2, 0) is 6.54 Å². The molecule has 1 heterocycles. The lowest BCUT2D eigenvalue weighted by atomic mass is 10.0. The molecule has 2 nitrogen and oxygen atoms in total. The number of halogens is 1. The Bertz CT molecular complexity index is 348. The summed E-state index contributed by atoms with van der Waals surface area (Å²) < 4.78 is 0. The summed E-state index contributed by atoms with van der Waals surface area (Å²) in [5.74, 6) is 0. The Morgan fingerprint density at radius 2 is 1.94 bits per heavy atom. The zero-order chi connectivity index (χ0) is 10.8. The molecule has 0 bridgehead atoms. The first-order valence-corrected chi connectivity index (χ1v) is 5.64. The van der Waals surface area contributed by atoms with E-state index in [4.69, 9.17) is 0 Å². The fraction of sp³-hybridized carbons (Fsp3) is 0.538. The number of benzene rings is 1. The standard InChI is InChI=1S/C13H20N2.ClH/c1-10-4-5-12(6-11(10)2)9-15(3)13-7-14-8-13;/h4-6,13-14H,7-9H2,1-3H3;1H. The first kappa shape index (κ1) is 13.5. The van der Waals surface area contributed by atoms with Gasteiger partial charge in [-0.1, -0.05) is 18.2 Å². The molecule has 0 amide bonds. The Balaban J connectivity index is 0.00000128. The van der Waals surface area contributed by atoms with Gasteiger partial charge in [0.2, 0.25) is 0 Å². The van der Waals surface area contributed by atoms with E-state index in [0.29, 0.717) is 0 Å². The molecule has 1 aromatic rings. The highest BCUT2D eigenvalue weighted by molar-refractivity contribution is 5.85. The van der Waals surface area contributed by atoms with Gasteiger partial charge in [-0.3, -0.25) is 4.90 Å². The molecule has 0 aliphatic carbocycles. The molecule has 0 spiro atoms. The van der Waals surface area contributed by atoms with Crippen LogP contribution in [-0.4, -0.2) is 31.1 Å². The Kier molecular flexibility index (Phi) is 4.78. The van der Waals surface area contributed by atoms with Gasteiger partial charge in [-0.15, -0.1) is 12.4 Å². The topological polar surface area (TPSA) is 15.3 Å². The van der Waals surface area contributed by atoms with Crippen LogP contribution in [0.2, 0.25) is 0 Å². The predicted molar refractivity (Wildman–Crippen MR) is 71.3 cm³/mol. The molecule has 16 heavy (non-hydrogen) atoms. The molecule has 0 aromatic heterocycles. The van der Waals surface area contributed by atoms with Gasteiger partial charge in [-0.05, 0) is 37.6 Å². The molecule has 1 fully saturated rings. The molecular formula is C13H21ClN2. The first-order chi connectivity index (χ1) is 7.16. The Labute approximate surface area is 104 Å². The number of nitrogens with one attached hydrogen (secondary N) is 1. The summed E-state index contributed by atoms with van der Waals surface area (Å²) in [4.78, 5) is 2.43. The van der Waals surface area contributed by atoms with Gasteiger partial charge in [0.25, 0.3) is 0 Å². The fourth-order valence-electron chi connectivity index (χ4n) is 1.90. The molecule has 1 saturated heterocycles. The average molecular weight is 241 g/mol. The second-order valence-corrected chi connectivity index (χ2v) is 4.65. The molecule has 0 atom stereocenters. The summed E-state index contributed by atoms with van der Waals surface area (Å²) in [6, 6.07) is 7.49. The maximum absolute atomic E-state index is 3.31. The predicted octanol–water partition coefficient (Wildman–Crippen LogP) is 2.13. The van der Waals surface area contributed by atoms with E-state index < -0.39 is 0 Å². The smallest absolute Gasteiger partial charge is 0.0345 e. The molecule has 1 N–H and O–H groups in total. The van der Waals surface area contributed by atoms with Crippen molar-refractivity contribution in [3.05, 3.63) is 34.9 Å². The second kappa shape index (κ2) is 5.67. The first-order valence-electron chi connectivity index (χ1n) is 5.64. The third kappa shape index (κ3) is 2.97. The number of rotatable bonds is 3. The third-order valence-corrected chi connectivity index (χ3v) is 3.39. The van der Waals surface area contributed by atoms with Gasteiger partial charge in [0.15, 0.2) is 0 Å². The number of nitrogens with zero attached hydrogens (tertiary/aromatic N) is 1. The summed E-state index contributed by atoms with van der Waals surface area (Å²) in [6.07, 6.45) is 0. The Hall–Kier alpha value is -0.570. The van der Waals surface area contributed by atoms with Crippen LogP contribution in [0.25, 0.3) is 0 Å². The summed E-state index contributed by atoms with van der Waals surface area (Å²) >= 11 is 0. The van der Waals surface area contributed by atoms with Gasteiger partial charge >= 0.3 is 0 Å². The van der Waals surface area contributed by atoms with Crippen molar-refractivity contribution in [3.63, 3.8) is 0 Å². The highest BCUT2D eigenvalue weighted by Gasteiger charge is 2.21. The minimum atomic E-state index is 0. The average Bonchev–Trinajstić information content (AvgIpc) is 2.08. The van der Waals surface area contributed by atoms with Crippen molar-refractivity contribution in [1.29, 1.82) is 0 Å².